The first kappa shape index (κ1) is 14.6. The maximum absolute atomic E-state index is 12.2. The molecule has 3 rings (SSSR count). The highest BCUT2D eigenvalue weighted by atomic mass is 16.5. The van der Waals surface area contributed by atoms with Gasteiger partial charge >= 0.3 is 0 Å². The van der Waals surface area contributed by atoms with E-state index in [0.717, 1.165) is 31.6 Å². The van der Waals surface area contributed by atoms with Crippen LogP contribution in [0.5, 0.6) is 5.75 Å². The molecule has 0 saturated heterocycles. The van der Waals surface area contributed by atoms with Crippen LogP contribution in [0, 0.1) is 0 Å². The molecule has 1 aliphatic rings. The lowest BCUT2D eigenvalue weighted by atomic mass is 10.2. The Hall–Kier alpha value is -2.38. The molecule has 0 radical (unpaired) electrons. The summed E-state index contributed by atoms with van der Waals surface area (Å²) in [6, 6.07) is -0.00706. The molecule has 2 heterocycles. The molecular formula is C14H20N6O2. The Labute approximate surface area is 128 Å². The second-order valence-electron chi connectivity index (χ2n) is 5.44. The van der Waals surface area contributed by atoms with Gasteiger partial charge in [0.05, 0.1) is 24.6 Å². The van der Waals surface area contributed by atoms with Crippen LogP contribution >= 0.6 is 0 Å². The minimum absolute atomic E-state index is 0.00706. The van der Waals surface area contributed by atoms with Gasteiger partial charge in [-0.1, -0.05) is 5.21 Å². The van der Waals surface area contributed by atoms with Crippen LogP contribution in [-0.2, 0) is 13.6 Å². The first-order chi connectivity index (χ1) is 10.7. The third kappa shape index (κ3) is 2.95. The molecule has 0 aromatic carbocycles. The number of carbonyl (C=O) groups excluding carboxylic acids is 1. The van der Waals surface area contributed by atoms with Crippen molar-refractivity contribution in [2.24, 2.45) is 7.05 Å². The Morgan fingerprint density at radius 3 is 3.00 bits per heavy atom. The van der Waals surface area contributed by atoms with Gasteiger partial charge in [-0.25, -0.2) is 4.68 Å². The number of carbonyl (C=O) groups is 1. The molecule has 0 bridgehead atoms. The van der Waals surface area contributed by atoms with E-state index >= 15 is 0 Å². The molecule has 0 spiro atoms. The van der Waals surface area contributed by atoms with Crippen molar-refractivity contribution in [3.63, 3.8) is 0 Å². The lowest BCUT2D eigenvalue weighted by Gasteiger charge is -2.21. The summed E-state index contributed by atoms with van der Waals surface area (Å²) in [7, 11) is 1.70. The van der Waals surface area contributed by atoms with Crippen LogP contribution in [0.25, 0.3) is 0 Å². The second kappa shape index (κ2) is 6.17. The first-order valence-electron chi connectivity index (χ1n) is 7.52. The van der Waals surface area contributed by atoms with Crippen LogP contribution in [0.1, 0.15) is 36.7 Å². The number of nitrogens with one attached hydrogen (secondary N) is 1. The largest absolute Gasteiger partial charge is 0.485 e. The number of hydrogen-bond acceptors (Lipinski definition) is 5. The van der Waals surface area contributed by atoms with Gasteiger partial charge < -0.3 is 10.1 Å². The molecule has 118 valence electrons. The van der Waals surface area contributed by atoms with E-state index in [1.54, 1.807) is 13.2 Å². The summed E-state index contributed by atoms with van der Waals surface area (Å²) in [4.78, 5) is 12.2. The molecule has 0 aliphatic heterocycles. The number of amides is 1. The van der Waals surface area contributed by atoms with Gasteiger partial charge in [0.1, 0.15) is 11.8 Å². The maximum Gasteiger partial charge on any atom is 0.271 e. The van der Waals surface area contributed by atoms with Gasteiger partial charge in [-0.15, -0.1) is 5.10 Å². The van der Waals surface area contributed by atoms with Crippen LogP contribution in [0.15, 0.2) is 18.6 Å². The standard InChI is InChI=1S/C14H20N6O2/c1-3-20-9-10(7-16-20)22-13-6-4-5-11(13)17-14(21)12-8-15-18-19(12)2/h7-9,11,13H,3-6H2,1-2H3,(H,17,21)/t11-,13+/m0/s1. The highest BCUT2D eigenvalue weighted by Gasteiger charge is 2.31. The molecule has 1 saturated carbocycles. The molecule has 8 heteroatoms. The van der Waals surface area contributed by atoms with Crippen molar-refractivity contribution in [2.75, 3.05) is 0 Å². The predicted molar refractivity (Wildman–Crippen MR) is 78.4 cm³/mol. The molecule has 1 amide bonds. The number of hydrogen-bond donors (Lipinski definition) is 1. The van der Waals surface area contributed by atoms with Crippen LogP contribution < -0.4 is 10.1 Å². The smallest absolute Gasteiger partial charge is 0.271 e. The van der Waals surface area contributed by atoms with Crippen molar-refractivity contribution in [2.45, 2.75) is 44.9 Å². The second-order valence-corrected chi connectivity index (χ2v) is 5.44. The zero-order valence-corrected chi connectivity index (χ0v) is 12.8. The van der Waals surface area contributed by atoms with E-state index in [9.17, 15) is 4.79 Å². The summed E-state index contributed by atoms with van der Waals surface area (Å²) in [5, 5.41) is 14.7. The number of rotatable bonds is 5. The third-order valence-corrected chi connectivity index (χ3v) is 3.94. The number of aryl methyl sites for hydroxylation is 2. The van der Waals surface area contributed by atoms with Crippen LogP contribution in [0.3, 0.4) is 0 Å². The van der Waals surface area contributed by atoms with Gasteiger partial charge in [-0.3, -0.25) is 9.48 Å². The number of aromatic nitrogens is 5. The van der Waals surface area contributed by atoms with Gasteiger partial charge in [-0.05, 0) is 26.2 Å². The molecule has 2 atom stereocenters. The average molecular weight is 304 g/mol. The van der Waals surface area contributed by atoms with Crippen molar-refractivity contribution in [1.29, 1.82) is 0 Å². The molecular weight excluding hydrogens is 284 g/mol. The van der Waals surface area contributed by atoms with Crippen molar-refractivity contribution < 1.29 is 9.53 Å². The maximum atomic E-state index is 12.2. The minimum Gasteiger partial charge on any atom is -0.485 e. The lowest BCUT2D eigenvalue weighted by Crippen LogP contribution is -2.43. The van der Waals surface area contributed by atoms with Gasteiger partial charge in [0.15, 0.2) is 5.75 Å². The fourth-order valence-corrected chi connectivity index (χ4v) is 2.72. The summed E-state index contributed by atoms with van der Waals surface area (Å²) in [6.45, 7) is 2.83. The molecule has 22 heavy (non-hydrogen) atoms. The van der Waals surface area contributed by atoms with E-state index in [4.69, 9.17) is 4.74 Å². The highest BCUT2D eigenvalue weighted by Crippen LogP contribution is 2.24. The Balaban J connectivity index is 1.63. The fraction of sp³-hybridized carbons (Fsp3) is 0.571. The SMILES string of the molecule is CCn1cc(O[C@@H]2CCC[C@@H]2NC(=O)c2cnnn2C)cn1. The van der Waals surface area contributed by atoms with Crippen LogP contribution in [0.2, 0.25) is 0 Å². The van der Waals surface area contributed by atoms with Gasteiger partial charge in [-0.2, -0.15) is 5.10 Å². The Morgan fingerprint density at radius 2 is 2.32 bits per heavy atom. The fourth-order valence-electron chi connectivity index (χ4n) is 2.72. The minimum atomic E-state index is -0.169. The van der Waals surface area contributed by atoms with Crippen molar-refractivity contribution in [3.8, 4) is 5.75 Å². The molecule has 1 fully saturated rings. The summed E-state index contributed by atoms with van der Waals surface area (Å²) >= 11 is 0. The van der Waals surface area contributed by atoms with Gasteiger partial charge in [0, 0.05) is 13.6 Å². The molecule has 1 aliphatic carbocycles. The molecule has 0 unspecified atom stereocenters. The summed E-state index contributed by atoms with van der Waals surface area (Å²) in [5.74, 6) is 0.576. The van der Waals surface area contributed by atoms with Gasteiger partial charge in [0.25, 0.3) is 5.91 Å². The van der Waals surface area contributed by atoms with Crippen LogP contribution in [0.4, 0.5) is 0 Å². The van der Waals surface area contributed by atoms with E-state index in [1.165, 1.54) is 10.9 Å². The normalized spacial score (nSPS) is 21.0. The molecule has 2 aromatic rings. The predicted octanol–water partition coefficient (Wildman–Crippen LogP) is 0.761. The van der Waals surface area contributed by atoms with E-state index in [0.29, 0.717) is 5.69 Å². The van der Waals surface area contributed by atoms with E-state index in [-0.39, 0.29) is 18.1 Å². The quantitative estimate of drug-likeness (QED) is 0.881. The summed E-state index contributed by atoms with van der Waals surface area (Å²) < 4.78 is 9.27. The number of nitrogens with zero attached hydrogens (tertiary/aromatic N) is 5. The lowest BCUT2D eigenvalue weighted by molar-refractivity contribution is 0.0884. The van der Waals surface area contributed by atoms with E-state index in [2.05, 4.69) is 20.7 Å². The zero-order valence-electron chi connectivity index (χ0n) is 12.8. The molecule has 2 aromatic heterocycles. The highest BCUT2D eigenvalue weighted by molar-refractivity contribution is 5.92. The Morgan fingerprint density at radius 1 is 1.45 bits per heavy atom. The topological polar surface area (TPSA) is 86.9 Å². The molecule has 8 nitrogen and oxygen atoms in total. The van der Waals surface area contributed by atoms with Crippen molar-refractivity contribution in [3.05, 3.63) is 24.3 Å². The van der Waals surface area contributed by atoms with Crippen molar-refractivity contribution >= 4 is 5.91 Å². The van der Waals surface area contributed by atoms with E-state index < -0.39 is 0 Å². The van der Waals surface area contributed by atoms with E-state index in [1.807, 2.05) is 17.8 Å². The first-order valence-corrected chi connectivity index (χ1v) is 7.52. The van der Waals surface area contributed by atoms with Crippen LogP contribution in [-0.4, -0.2) is 42.8 Å². The number of ether oxygens (including phenoxy) is 1. The Kier molecular flexibility index (Phi) is 4.08. The Bertz CT molecular complexity index is 649. The molecule has 1 N–H and O–H groups in total. The average Bonchev–Trinajstić information content (AvgIpc) is 3.22. The summed E-state index contributed by atoms with van der Waals surface area (Å²) in [6.07, 6.45) is 7.88. The monoisotopic (exact) mass is 304 g/mol. The summed E-state index contributed by atoms with van der Waals surface area (Å²) in [5.41, 5.74) is 0.449. The third-order valence-electron chi connectivity index (χ3n) is 3.94. The van der Waals surface area contributed by atoms with Gasteiger partial charge in [0.2, 0.25) is 0 Å². The zero-order chi connectivity index (χ0) is 15.5. The van der Waals surface area contributed by atoms with Crippen molar-refractivity contribution in [1.82, 2.24) is 30.1 Å².